The lowest BCUT2D eigenvalue weighted by Crippen LogP contribution is -2.34. The number of primary amides is 1. The SMILES string of the molecule is CCCNc1cc(NCC(O)C(N)=O)nc(CCC)n1. The zero-order valence-corrected chi connectivity index (χ0v) is 12.0. The molecule has 0 bridgehead atoms. The van der Waals surface area contributed by atoms with Crippen LogP contribution < -0.4 is 16.4 Å². The number of hydrogen-bond acceptors (Lipinski definition) is 6. The predicted octanol–water partition coefficient (Wildman–Crippen LogP) is 0.509. The smallest absolute Gasteiger partial charge is 0.248 e. The van der Waals surface area contributed by atoms with Crippen LogP contribution in [-0.4, -0.2) is 40.2 Å². The summed E-state index contributed by atoms with van der Waals surface area (Å²) in [7, 11) is 0. The van der Waals surface area contributed by atoms with Gasteiger partial charge in [0, 0.05) is 19.0 Å². The quantitative estimate of drug-likeness (QED) is 0.524. The molecule has 0 aliphatic heterocycles. The lowest BCUT2D eigenvalue weighted by Gasteiger charge is -2.12. The van der Waals surface area contributed by atoms with Crippen molar-refractivity contribution in [1.29, 1.82) is 0 Å². The first-order valence-corrected chi connectivity index (χ1v) is 6.89. The Hall–Kier alpha value is -1.89. The lowest BCUT2D eigenvalue weighted by molar-refractivity contribution is -0.125. The molecule has 1 rings (SSSR count). The largest absolute Gasteiger partial charge is 0.381 e. The molecule has 20 heavy (non-hydrogen) atoms. The van der Waals surface area contributed by atoms with Gasteiger partial charge in [0.15, 0.2) is 0 Å². The second-order valence-corrected chi connectivity index (χ2v) is 4.53. The molecule has 0 aromatic carbocycles. The van der Waals surface area contributed by atoms with E-state index >= 15 is 0 Å². The molecule has 0 aliphatic rings. The van der Waals surface area contributed by atoms with Crippen LogP contribution in [0.2, 0.25) is 0 Å². The maximum Gasteiger partial charge on any atom is 0.248 e. The number of aromatic nitrogens is 2. The summed E-state index contributed by atoms with van der Waals surface area (Å²) < 4.78 is 0. The van der Waals surface area contributed by atoms with Crippen molar-refractivity contribution in [2.75, 3.05) is 23.7 Å². The molecule has 5 N–H and O–H groups in total. The highest BCUT2D eigenvalue weighted by Gasteiger charge is 2.11. The molecule has 0 saturated heterocycles. The molecule has 1 unspecified atom stereocenters. The number of nitrogens with two attached hydrogens (primary N) is 1. The Kier molecular flexibility index (Phi) is 6.72. The number of nitrogens with one attached hydrogen (secondary N) is 2. The number of aliphatic hydroxyl groups is 1. The van der Waals surface area contributed by atoms with Crippen LogP contribution in [0.1, 0.15) is 32.5 Å². The minimum atomic E-state index is -1.23. The molecular weight excluding hydrogens is 258 g/mol. The van der Waals surface area contributed by atoms with E-state index in [9.17, 15) is 9.90 Å². The summed E-state index contributed by atoms with van der Waals surface area (Å²) in [5.74, 6) is 1.28. The third-order valence-corrected chi connectivity index (χ3v) is 2.61. The van der Waals surface area contributed by atoms with Gasteiger partial charge in [0.1, 0.15) is 23.6 Å². The van der Waals surface area contributed by atoms with Gasteiger partial charge in [-0.1, -0.05) is 13.8 Å². The zero-order chi connectivity index (χ0) is 15.0. The van der Waals surface area contributed by atoms with E-state index in [1.54, 1.807) is 6.07 Å². The molecule has 0 spiro atoms. The van der Waals surface area contributed by atoms with Gasteiger partial charge in [-0.3, -0.25) is 4.79 Å². The molecule has 7 nitrogen and oxygen atoms in total. The third-order valence-electron chi connectivity index (χ3n) is 2.61. The van der Waals surface area contributed by atoms with Gasteiger partial charge in [0.2, 0.25) is 5.91 Å². The minimum absolute atomic E-state index is 0.0329. The minimum Gasteiger partial charge on any atom is -0.381 e. The van der Waals surface area contributed by atoms with Crippen LogP contribution in [0.3, 0.4) is 0 Å². The molecule has 0 saturated carbocycles. The highest BCUT2D eigenvalue weighted by atomic mass is 16.3. The van der Waals surface area contributed by atoms with E-state index in [2.05, 4.69) is 34.4 Å². The monoisotopic (exact) mass is 281 g/mol. The first-order chi connectivity index (χ1) is 9.56. The summed E-state index contributed by atoms with van der Waals surface area (Å²) in [6.07, 6.45) is 1.48. The number of amides is 1. The lowest BCUT2D eigenvalue weighted by atomic mass is 10.3. The highest BCUT2D eigenvalue weighted by Crippen LogP contribution is 2.12. The molecule has 0 radical (unpaired) electrons. The van der Waals surface area contributed by atoms with Crippen LogP contribution in [0.15, 0.2) is 6.07 Å². The van der Waals surface area contributed by atoms with Crippen LogP contribution >= 0.6 is 0 Å². The maximum absolute atomic E-state index is 10.8. The Morgan fingerprint density at radius 2 is 1.95 bits per heavy atom. The highest BCUT2D eigenvalue weighted by molar-refractivity contribution is 5.79. The van der Waals surface area contributed by atoms with Crippen molar-refractivity contribution in [3.8, 4) is 0 Å². The Morgan fingerprint density at radius 1 is 1.30 bits per heavy atom. The molecule has 7 heteroatoms. The summed E-state index contributed by atoms with van der Waals surface area (Å²) >= 11 is 0. The number of carbonyl (C=O) groups is 1. The molecule has 1 heterocycles. The fourth-order valence-electron chi connectivity index (χ4n) is 1.57. The van der Waals surface area contributed by atoms with Gasteiger partial charge < -0.3 is 21.5 Å². The van der Waals surface area contributed by atoms with Crippen LogP contribution in [0.5, 0.6) is 0 Å². The number of rotatable bonds is 9. The molecule has 112 valence electrons. The molecule has 0 aliphatic carbocycles. The number of carbonyl (C=O) groups excluding carboxylic acids is 1. The van der Waals surface area contributed by atoms with E-state index in [4.69, 9.17) is 5.73 Å². The summed E-state index contributed by atoms with van der Waals surface area (Å²) in [6, 6.07) is 1.75. The van der Waals surface area contributed by atoms with Crippen molar-refractivity contribution < 1.29 is 9.90 Å². The summed E-state index contributed by atoms with van der Waals surface area (Å²) in [6.45, 7) is 4.99. The first-order valence-electron chi connectivity index (χ1n) is 6.89. The number of anilines is 2. The zero-order valence-electron chi connectivity index (χ0n) is 12.0. The van der Waals surface area contributed by atoms with Gasteiger partial charge >= 0.3 is 0 Å². The topological polar surface area (TPSA) is 113 Å². The fourth-order valence-corrected chi connectivity index (χ4v) is 1.57. The molecule has 1 atom stereocenters. The van der Waals surface area contributed by atoms with Gasteiger partial charge in [-0.25, -0.2) is 9.97 Å². The van der Waals surface area contributed by atoms with E-state index in [-0.39, 0.29) is 6.54 Å². The number of aliphatic hydroxyl groups excluding tert-OH is 1. The Labute approximate surface area is 119 Å². The number of nitrogens with zero attached hydrogens (tertiary/aromatic N) is 2. The Morgan fingerprint density at radius 3 is 2.50 bits per heavy atom. The van der Waals surface area contributed by atoms with Gasteiger partial charge in [0.25, 0.3) is 0 Å². The van der Waals surface area contributed by atoms with Gasteiger partial charge in [-0.05, 0) is 12.8 Å². The molecular formula is C13H23N5O2. The average Bonchev–Trinajstić information content (AvgIpc) is 2.42. The van der Waals surface area contributed by atoms with E-state index in [1.807, 2.05) is 0 Å². The van der Waals surface area contributed by atoms with E-state index < -0.39 is 12.0 Å². The van der Waals surface area contributed by atoms with E-state index in [0.29, 0.717) is 5.82 Å². The van der Waals surface area contributed by atoms with Crippen molar-refractivity contribution in [3.05, 3.63) is 11.9 Å². The first kappa shape index (κ1) is 16.2. The van der Waals surface area contributed by atoms with Crippen molar-refractivity contribution in [3.63, 3.8) is 0 Å². The van der Waals surface area contributed by atoms with Crippen LogP contribution in [0.4, 0.5) is 11.6 Å². The van der Waals surface area contributed by atoms with Gasteiger partial charge in [-0.2, -0.15) is 0 Å². The Bertz CT molecular complexity index is 439. The summed E-state index contributed by atoms with van der Waals surface area (Å²) in [4.78, 5) is 19.5. The average molecular weight is 281 g/mol. The van der Waals surface area contributed by atoms with Crippen LogP contribution in [0.25, 0.3) is 0 Å². The van der Waals surface area contributed by atoms with Crippen LogP contribution in [0, 0.1) is 0 Å². The van der Waals surface area contributed by atoms with Crippen molar-refractivity contribution in [1.82, 2.24) is 9.97 Å². The standard InChI is InChI=1S/C13H23N5O2/c1-3-5-10-17-11(15-6-4-2)7-12(18-10)16-8-9(19)13(14)20/h7,9,19H,3-6,8H2,1-2H3,(H2,14,20)(H2,15,16,17,18). The number of hydrogen-bond donors (Lipinski definition) is 4. The van der Waals surface area contributed by atoms with Crippen molar-refractivity contribution in [2.24, 2.45) is 5.73 Å². The van der Waals surface area contributed by atoms with E-state index in [1.165, 1.54) is 0 Å². The van der Waals surface area contributed by atoms with Crippen molar-refractivity contribution in [2.45, 2.75) is 39.2 Å². The summed E-state index contributed by atoms with van der Waals surface area (Å²) in [5, 5.41) is 15.5. The van der Waals surface area contributed by atoms with Gasteiger partial charge in [-0.15, -0.1) is 0 Å². The second kappa shape index (κ2) is 8.31. The third kappa shape index (κ3) is 5.40. The second-order valence-electron chi connectivity index (χ2n) is 4.53. The van der Waals surface area contributed by atoms with Crippen LogP contribution in [-0.2, 0) is 11.2 Å². The molecule has 0 fully saturated rings. The normalized spacial score (nSPS) is 11.9. The predicted molar refractivity (Wildman–Crippen MR) is 78.5 cm³/mol. The maximum atomic E-state index is 10.8. The van der Waals surface area contributed by atoms with E-state index in [0.717, 1.165) is 37.4 Å². The molecule has 1 aromatic heterocycles. The molecule has 1 aromatic rings. The molecule has 1 amide bonds. The van der Waals surface area contributed by atoms with Gasteiger partial charge in [0.05, 0.1) is 6.54 Å². The Balaban J connectivity index is 2.76. The fraction of sp³-hybridized carbons (Fsp3) is 0.615. The van der Waals surface area contributed by atoms with Crippen molar-refractivity contribution >= 4 is 17.5 Å². The summed E-state index contributed by atoms with van der Waals surface area (Å²) in [5.41, 5.74) is 5.00. The number of aryl methyl sites for hydroxylation is 1.